The standard InChI is InChI=1S/C13H10BrNO4S2/c1-20-13-15-9(12(18)21-13)5-7-4-8(14)2-3-10(7)19-6-11(16)17/h2-5H,6H2,1H3,(H,16,17)/p-1/b9-5-. The maximum absolute atomic E-state index is 11.8. The van der Waals surface area contributed by atoms with Crippen LogP contribution in [0.2, 0.25) is 0 Å². The number of thioether (sulfide) groups is 2. The Kier molecular flexibility index (Phi) is 5.49. The molecule has 0 fully saturated rings. The summed E-state index contributed by atoms with van der Waals surface area (Å²) in [4.78, 5) is 26.5. The van der Waals surface area contributed by atoms with Gasteiger partial charge in [-0.15, -0.1) is 11.8 Å². The summed E-state index contributed by atoms with van der Waals surface area (Å²) >= 11 is 5.79. The van der Waals surface area contributed by atoms with Gasteiger partial charge in [0.1, 0.15) is 22.4 Å². The van der Waals surface area contributed by atoms with Gasteiger partial charge in [0, 0.05) is 10.0 Å². The molecule has 1 aliphatic rings. The molecule has 0 N–H and O–H groups in total. The molecular formula is C13H9BrNO4S2-. The number of carboxylic acids is 1. The minimum Gasteiger partial charge on any atom is -0.546 e. The summed E-state index contributed by atoms with van der Waals surface area (Å²) in [6, 6.07) is 5.06. The topological polar surface area (TPSA) is 78.8 Å². The van der Waals surface area contributed by atoms with Gasteiger partial charge in [-0.25, -0.2) is 4.99 Å². The normalized spacial score (nSPS) is 16.2. The Labute approximate surface area is 138 Å². The van der Waals surface area contributed by atoms with Crippen LogP contribution in [0.25, 0.3) is 6.08 Å². The van der Waals surface area contributed by atoms with E-state index in [1.807, 2.05) is 6.26 Å². The van der Waals surface area contributed by atoms with Gasteiger partial charge in [-0.2, -0.15) is 0 Å². The van der Waals surface area contributed by atoms with Gasteiger partial charge < -0.3 is 14.6 Å². The van der Waals surface area contributed by atoms with Gasteiger partial charge >= 0.3 is 0 Å². The number of aliphatic imine (C=N–C) groups is 1. The molecule has 5 nitrogen and oxygen atoms in total. The lowest BCUT2D eigenvalue weighted by molar-refractivity contribution is -0.307. The number of hydrogen-bond acceptors (Lipinski definition) is 7. The second-order valence-corrected chi connectivity index (χ2v) is 6.77. The van der Waals surface area contributed by atoms with E-state index >= 15 is 0 Å². The molecule has 0 unspecified atom stereocenters. The first-order chi connectivity index (χ1) is 9.99. The largest absolute Gasteiger partial charge is 0.546 e. The fourth-order valence-electron chi connectivity index (χ4n) is 1.52. The van der Waals surface area contributed by atoms with E-state index in [9.17, 15) is 14.7 Å². The number of hydrogen-bond donors (Lipinski definition) is 0. The first-order valence-electron chi connectivity index (χ1n) is 5.68. The van der Waals surface area contributed by atoms with Crippen LogP contribution in [0, 0.1) is 0 Å². The first kappa shape index (κ1) is 16.1. The van der Waals surface area contributed by atoms with E-state index in [4.69, 9.17) is 4.74 Å². The van der Waals surface area contributed by atoms with E-state index in [0.29, 0.717) is 21.4 Å². The second-order valence-electron chi connectivity index (χ2n) is 3.84. The summed E-state index contributed by atoms with van der Waals surface area (Å²) in [5.41, 5.74) is 0.876. The third-order valence-electron chi connectivity index (χ3n) is 2.39. The quantitative estimate of drug-likeness (QED) is 0.735. The van der Waals surface area contributed by atoms with Gasteiger partial charge in [0.05, 0.1) is 5.97 Å². The molecule has 21 heavy (non-hydrogen) atoms. The predicted octanol–water partition coefficient (Wildman–Crippen LogP) is 1.91. The van der Waals surface area contributed by atoms with Crippen LogP contribution in [-0.2, 0) is 9.59 Å². The zero-order valence-corrected chi connectivity index (χ0v) is 14.0. The molecule has 0 saturated carbocycles. The summed E-state index contributed by atoms with van der Waals surface area (Å²) in [6.45, 7) is -0.556. The molecule has 2 rings (SSSR count). The molecule has 1 aliphatic heterocycles. The van der Waals surface area contributed by atoms with Crippen molar-refractivity contribution in [3.63, 3.8) is 0 Å². The Morgan fingerprint density at radius 1 is 1.57 bits per heavy atom. The molecule has 8 heteroatoms. The highest BCUT2D eigenvalue weighted by Crippen LogP contribution is 2.32. The van der Waals surface area contributed by atoms with E-state index in [1.54, 1.807) is 24.3 Å². The number of ether oxygens (including phenoxy) is 1. The van der Waals surface area contributed by atoms with Crippen molar-refractivity contribution >= 4 is 61.0 Å². The maximum atomic E-state index is 11.8. The fraction of sp³-hybridized carbons (Fsp3) is 0.154. The second kappa shape index (κ2) is 7.15. The first-order valence-corrected chi connectivity index (χ1v) is 8.52. The zero-order chi connectivity index (χ0) is 15.4. The summed E-state index contributed by atoms with van der Waals surface area (Å²) < 4.78 is 6.61. The monoisotopic (exact) mass is 386 g/mol. The molecule has 110 valence electrons. The molecule has 0 bridgehead atoms. The Morgan fingerprint density at radius 3 is 2.95 bits per heavy atom. The van der Waals surface area contributed by atoms with Crippen LogP contribution < -0.4 is 9.84 Å². The minimum atomic E-state index is -1.31. The average molecular weight is 387 g/mol. The molecule has 0 aromatic heterocycles. The van der Waals surface area contributed by atoms with Crippen molar-refractivity contribution in [3.05, 3.63) is 33.9 Å². The predicted molar refractivity (Wildman–Crippen MR) is 86.2 cm³/mol. The highest BCUT2D eigenvalue weighted by molar-refractivity contribution is 9.10. The highest BCUT2D eigenvalue weighted by atomic mass is 79.9. The number of nitrogens with zero attached hydrogens (tertiary/aromatic N) is 1. The van der Waals surface area contributed by atoms with Crippen molar-refractivity contribution in [3.8, 4) is 5.75 Å². The van der Waals surface area contributed by atoms with Gasteiger partial charge in [0.15, 0.2) is 0 Å². The van der Waals surface area contributed by atoms with E-state index < -0.39 is 12.6 Å². The van der Waals surface area contributed by atoms with Crippen LogP contribution in [0.15, 0.2) is 33.4 Å². The zero-order valence-electron chi connectivity index (χ0n) is 10.8. The highest BCUT2D eigenvalue weighted by Gasteiger charge is 2.21. The van der Waals surface area contributed by atoms with Gasteiger partial charge in [-0.05, 0) is 42.3 Å². The summed E-state index contributed by atoms with van der Waals surface area (Å²) in [7, 11) is 0. The number of benzene rings is 1. The lowest BCUT2D eigenvalue weighted by Crippen LogP contribution is -2.29. The van der Waals surface area contributed by atoms with Crippen LogP contribution in [0.4, 0.5) is 0 Å². The van der Waals surface area contributed by atoms with Crippen molar-refractivity contribution in [2.75, 3.05) is 12.9 Å². The molecule has 0 atom stereocenters. The number of aliphatic carboxylic acids is 1. The Hall–Kier alpha value is -1.25. The fourth-order valence-corrected chi connectivity index (χ4v) is 3.16. The lowest BCUT2D eigenvalue weighted by Gasteiger charge is -2.10. The van der Waals surface area contributed by atoms with Crippen LogP contribution in [-0.4, -0.2) is 28.3 Å². The third kappa shape index (κ3) is 4.36. The van der Waals surface area contributed by atoms with Crippen LogP contribution in [0.5, 0.6) is 5.75 Å². The number of rotatable bonds is 4. The van der Waals surface area contributed by atoms with Gasteiger partial charge in [-0.3, -0.25) is 4.79 Å². The number of carbonyl (C=O) groups is 2. The van der Waals surface area contributed by atoms with Gasteiger partial charge in [0.25, 0.3) is 0 Å². The average Bonchev–Trinajstić information content (AvgIpc) is 2.78. The Morgan fingerprint density at radius 2 is 2.33 bits per heavy atom. The van der Waals surface area contributed by atoms with Gasteiger partial charge in [-0.1, -0.05) is 15.9 Å². The molecule has 0 saturated heterocycles. The molecular weight excluding hydrogens is 378 g/mol. The van der Waals surface area contributed by atoms with E-state index in [-0.39, 0.29) is 5.12 Å². The number of carbonyl (C=O) groups excluding carboxylic acids is 2. The maximum Gasteiger partial charge on any atom is 0.244 e. The SMILES string of the molecule is CSC1=N/C(=C\c2cc(Br)ccc2OCC(=O)[O-])C(=O)S1. The Bertz CT molecular complexity index is 658. The summed E-state index contributed by atoms with van der Waals surface area (Å²) in [6.07, 6.45) is 3.42. The van der Waals surface area contributed by atoms with Crippen LogP contribution in [0.3, 0.4) is 0 Å². The molecule has 1 heterocycles. The van der Waals surface area contributed by atoms with E-state index in [0.717, 1.165) is 16.2 Å². The molecule has 1 aromatic carbocycles. The van der Waals surface area contributed by atoms with Crippen molar-refractivity contribution < 1.29 is 19.4 Å². The molecule has 1 aromatic rings. The molecule has 0 aliphatic carbocycles. The van der Waals surface area contributed by atoms with Crippen molar-refractivity contribution in [1.82, 2.24) is 0 Å². The van der Waals surface area contributed by atoms with Crippen LogP contribution >= 0.6 is 39.5 Å². The molecule has 0 spiro atoms. The van der Waals surface area contributed by atoms with Crippen molar-refractivity contribution in [2.24, 2.45) is 4.99 Å². The van der Waals surface area contributed by atoms with E-state index in [1.165, 1.54) is 11.8 Å². The molecule has 0 radical (unpaired) electrons. The third-order valence-corrected chi connectivity index (χ3v) is 4.73. The smallest absolute Gasteiger partial charge is 0.244 e. The van der Waals surface area contributed by atoms with Gasteiger partial charge in [0.2, 0.25) is 5.12 Å². The number of carboxylic acid groups (broad SMARTS) is 1. The van der Waals surface area contributed by atoms with Crippen LogP contribution in [0.1, 0.15) is 5.56 Å². The van der Waals surface area contributed by atoms with E-state index in [2.05, 4.69) is 20.9 Å². The number of halogens is 1. The molecule has 0 amide bonds. The summed E-state index contributed by atoms with van der Waals surface area (Å²) in [5.74, 6) is -0.966. The Balaban J connectivity index is 2.34. The lowest BCUT2D eigenvalue weighted by atomic mass is 10.1. The van der Waals surface area contributed by atoms with Crippen molar-refractivity contribution in [1.29, 1.82) is 0 Å². The summed E-state index contributed by atoms with van der Waals surface area (Å²) in [5, 5.41) is 10.3. The minimum absolute atomic E-state index is 0.148. The van der Waals surface area contributed by atoms with Crippen molar-refractivity contribution in [2.45, 2.75) is 0 Å².